The van der Waals surface area contributed by atoms with Crippen molar-refractivity contribution in [3.05, 3.63) is 28.2 Å². The first-order valence-electron chi connectivity index (χ1n) is 5.89. The van der Waals surface area contributed by atoms with E-state index < -0.39 is 27.6 Å². The highest BCUT2D eigenvalue weighted by molar-refractivity contribution is 9.10. The lowest BCUT2D eigenvalue weighted by Crippen LogP contribution is -2.27. The number of nitrogens with one attached hydrogen (secondary N) is 1. The molecule has 20 heavy (non-hydrogen) atoms. The van der Waals surface area contributed by atoms with E-state index in [4.69, 9.17) is 0 Å². The van der Waals surface area contributed by atoms with E-state index in [0.29, 0.717) is 4.47 Å². The molecule has 1 aromatic rings. The molecule has 0 aliphatic carbocycles. The molecule has 0 amide bonds. The molecular weight excluding hydrogens is 359 g/mol. The van der Waals surface area contributed by atoms with Crippen molar-refractivity contribution in [1.29, 1.82) is 0 Å². The van der Waals surface area contributed by atoms with E-state index in [9.17, 15) is 21.6 Å². The monoisotopic (exact) mass is 373 g/mol. The van der Waals surface area contributed by atoms with Crippen LogP contribution in [-0.2, 0) is 16.0 Å². The van der Waals surface area contributed by atoms with Crippen LogP contribution in [-0.4, -0.2) is 26.0 Å². The predicted octanol–water partition coefficient (Wildman–Crippen LogP) is 3.70. The van der Waals surface area contributed by atoms with Gasteiger partial charge in [-0.25, -0.2) is 8.42 Å². The molecule has 0 heterocycles. The van der Waals surface area contributed by atoms with Gasteiger partial charge in [-0.1, -0.05) is 22.9 Å². The Labute approximate surface area is 124 Å². The van der Waals surface area contributed by atoms with Crippen molar-refractivity contribution in [3.63, 3.8) is 0 Å². The number of anilines is 1. The highest BCUT2D eigenvalue weighted by Crippen LogP contribution is 2.36. The Balaban J connectivity index is 2.98. The summed E-state index contributed by atoms with van der Waals surface area (Å²) in [7, 11) is -3.25. The van der Waals surface area contributed by atoms with Crippen LogP contribution in [0, 0.1) is 0 Å². The predicted molar refractivity (Wildman–Crippen MR) is 76.6 cm³/mol. The second-order valence-electron chi connectivity index (χ2n) is 4.43. The van der Waals surface area contributed by atoms with Gasteiger partial charge < -0.3 is 5.32 Å². The zero-order valence-electron chi connectivity index (χ0n) is 11.0. The van der Waals surface area contributed by atoms with Crippen LogP contribution in [0.4, 0.5) is 18.9 Å². The number of sulfone groups is 1. The summed E-state index contributed by atoms with van der Waals surface area (Å²) in [5.41, 5.74) is -0.952. The Bertz CT molecular complexity index is 573. The Morgan fingerprint density at radius 2 is 1.95 bits per heavy atom. The van der Waals surface area contributed by atoms with Crippen molar-refractivity contribution in [1.82, 2.24) is 0 Å². The summed E-state index contributed by atoms with van der Waals surface area (Å²) >= 11 is 2.99. The quantitative estimate of drug-likeness (QED) is 0.855. The summed E-state index contributed by atoms with van der Waals surface area (Å²) in [5, 5.41) is 2.61. The summed E-state index contributed by atoms with van der Waals surface area (Å²) in [6, 6.07) is 3.10. The lowest BCUT2D eigenvalue weighted by molar-refractivity contribution is -0.137. The van der Waals surface area contributed by atoms with Crippen molar-refractivity contribution in [2.75, 3.05) is 16.8 Å². The summed E-state index contributed by atoms with van der Waals surface area (Å²) in [6.07, 6.45) is -4.50. The molecule has 0 saturated carbocycles. The summed E-state index contributed by atoms with van der Waals surface area (Å²) < 4.78 is 62.0. The van der Waals surface area contributed by atoms with Crippen LogP contribution in [0.5, 0.6) is 0 Å². The number of benzene rings is 1. The van der Waals surface area contributed by atoms with Gasteiger partial charge in [0.1, 0.15) is 0 Å². The molecule has 0 saturated heterocycles. The van der Waals surface area contributed by atoms with Gasteiger partial charge >= 0.3 is 6.18 Å². The molecular formula is C12H15BrF3NO2S. The second-order valence-corrected chi connectivity index (χ2v) is 7.75. The zero-order valence-corrected chi connectivity index (χ0v) is 13.4. The summed E-state index contributed by atoms with van der Waals surface area (Å²) in [5.74, 6) is -0.248. The Kier molecular flexibility index (Phi) is 5.48. The molecule has 114 valence electrons. The van der Waals surface area contributed by atoms with Crippen LogP contribution in [0.3, 0.4) is 0 Å². The van der Waals surface area contributed by atoms with Gasteiger partial charge in [0.2, 0.25) is 0 Å². The highest BCUT2D eigenvalue weighted by Gasteiger charge is 2.34. The summed E-state index contributed by atoms with van der Waals surface area (Å²) in [6.45, 7) is 3.04. The molecule has 1 N–H and O–H groups in total. The SMILES string of the molecule is CCS(=O)(=O)CC(C)Nc1ccc(Br)cc1C(F)(F)F. The minimum absolute atomic E-state index is 0.0362. The van der Waals surface area contributed by atoms with E-state index in [-0.39, 0.29) is 17.2 Å². The number of halogens is 4. The first kappa shape index (κ1) is 17.3. The Morgan fingerprint density at radius 3 is 2.45 bits per heavy atom. The Hall–Kier alpha value is -0.760. The second kappa shape index (κ2) is 6.34. The fourth-order valence-electron chi connectivity index (χ4n) is 1.68. The third-order valence-corrected chi connectivity index (χ3v) is 5.01. The molecule has 0 bridgehead atoms. The molecule has 1 unspecified atom stereocenters. The van der Waals surface area contributed by atoms with E-state index in [1.165, 1.54) is 26.0 Å². The smallest absolute Gasteiger partial charge is 0.381 e. The third-order valence-electron chi connectivity index (χ3n) is 2.63. The molecule has 0 spiro atoms. The lowest BCUT2D eigenvalue weighted by Gasteiger charge is -2.19. The molecule has 0 aliphatic heterocycles. The van der Waals surface area contributed by atoms with E-state index in [1.54, 1.807) is 0 Å². The van der Waals surface area contributed by atoms with Crippen molar-refractivity contribution >= 4 is 31.5 Å². The zero-order chi connectivity index (χ0) is 15.6. The molecule has 8 heteroatoms. The average molecular weight is 374 g/mol. The minimum atomic E-state index is -4.50. The largest absolute Gasteiger partial charge is 0.418 e. The van der Waals surface area contributed by atoms with Gasteiger partial charge in [0.05, 0.1) is 11.3 Å². The number of hydrogen-bond donors (Lipinski definition) is 1. The van der Waals surface area contributed by atoms with Gasteiger partial charge in [-0.3, -0.25) is 0 Å². The molecule has 1 aromatic carbocycles. The maximum atomic E-state index is 12.9. The van der Waals surface area contributed by atoms with E-state index in [2.05, 4.69) is 21.2 Å². The van der Waals surface area contributed by atoms with Crippen molar-refractivity contribution in [2.45, 2.75) is 26.1 Å². The fourth-order valence-corrected chi connectivity index (χ4v) is 3.12. The first-order chi connectivity index (χ1) is 9.05. The van der Waals surface area contributed by atoms with Gasteiger partial charge in [0, 0.05) is 22.0 Å². The highest BCUT2D eigenvalue weighted by atomic mass is 79.9. The van der Waals surface area contributed by atoms with Crippen LogP contribution >= 0.6 is 15.9 Å². The first-order valence-corrected chi connectivity index (χ1v) is 8.50. The normalized spacial score (nSPS) is 14.1. The van der Waals surface area contributed by atoms with Crippen LogP contribution in [0.1, 0.15) is 19.4 Å². The maximum Gasteiger partial charge on any atom is 0.418 e. The molecule has 0 fully saturated rings. The van der Waals surface area contributed by atoms with Crippen LogP contribution in [0.15, 0.2) is 22.7 Å². The van der Waals surface area contributed by atoms with Crippen molar-refractivity contribution < 1.29 is 21.6 Å². The van der Waals surface area contributed by atoms with Crippen LogP contribution in [0.25, 0.3) is 0 Å². The molecule has 1 rings (SSSR count). The van der Waals surface area contributed by atoms with E-state index in [0.717, 1.165) is 6.07 Å². The lowest BCUT2D eigenvalue weighted by atomic mass is 10.1. The van der Waals surface area contributed by atoms with E-state index in [1.807, 2.05) is 0 Å². The van der Waals surface area contributed by atoms with Gasteiger partial charge in [0.25, 0.3) is 0 Å². The minimum Gasteiger partial charge on any atom is -0.381 e. The number of alkyl halides is 3. The van der Waals surface area contributed by atoms with Gasteiger partial charge in [0.15, 0.2) is 9.84 Å². The van der Waals surface area contributed by atoms with Crippen molar-refractivity contribution in [2.24, 2.45) is 0 Å². The molecule has 3 nitrogen and oxygen atoms in total. The Morgan fingerprint density at radius 1 is 1.35 bits per heavy atom. The number of hydrogen-bond acceptors (Lipinski definition) is 3. The summed E-state index contributed by atoms with van der Waals surface area (Å²) in [4.78, 5) is 0. The van der Waals surface area contributed by atoms with Crippen molar-refractivity contribution in [3.8, 4) is 0 Å². The molecule has 0 aliphatic rings. The standard InChI is InChI=1S/C12H15BrF3NO2S/c1-3-20(18,19)7-8(2)17-11-5-4-9(13)6-10(11)12(14,15)16/h4-6,8,17H,3,7H2,1-2H3. The maximum absolute atomic E-state index is 12.9. The van der Waals surface area contributed by atoms with Crippen LogP contribution < -0.4 is 5.32 Å². The molecule has 0 aromatic heterocycles. The molecule has 0 radical (unpaired) electrons. The topological polar surface area (TPSA) is 46.2 Å². The van der Waals surface area contributed by atoms with Gasteiger partial charge in [-0.2, -0.15) is 13.2 Å². The van der Waals surface area contributed by atoms with Gasteiger partial charge in [-0.05, 0) is 25.1 Å². The fraction of sp³-hybridized carbons (Fsp3) is 0.500. The van der Waals surface area contributed by atoms with E-state index >= 15 is 0 Å². The third kappa shape index (κ3) is 4.97. The number of rotatable bonds is 5. The molecule has 1 atom stereocenters. The average Bonchev–Trinajstić information content (AvgIpc) is 2.29. The van der Waals surface area contributed by atoms with Crippen LogP contribution in [0.2, 0.25) is 0 Å². The van der Waals surface area contributed by atoms with Gasteiger partial charge in [-0.15, -0.1) is 0 Å².